The molecule has 0 aliphatic carbocycles. The molecular weight excluding hydrogens is 338 g/mol. The van der Waals surface area contributed by atoms with Crippen LogP contribution >= 0.6 is 0 Å². The predicted molar refractivity (Wildman–Crippen MR) is 108 cm³/mol. The zero-order valence-electron chi connectivity index (χ0n) is 15.8. The van der Waals surface area contributed by atoms with Gasteiger partial charge in [0.05, 0.1) is 11.2 Å². The van der Waals surface area contributed by atoms with Crippen molar-refractivity contribution in [3.8, 4) is 5.75 Å². The fourth-order valence-corrected chi connectivity index (χ4v) is 2.58. The molecule has 0 amide bonds. The summed E-state index contributed by atoms with van der Waals surface area (Å²) in [5.41, 5.74) is 2.30. The van der Waals surface area contributed by atoms with E-state index in [1.807, 2.05) is 87.5 Å². The number of aromatic nitrogens is 1. The number of hydrogen-bond acceptors (Lipinski definition) is 4. The number of fused-ring (bicyclic) bond motifs is 1. The van der Waals surface area contributed by atoms with Crippen molar-refractivity contribution in [2.75, 3.05) is 6.61 Å². The minimum absolute atomic E-state index is 0.114. The first-order valence-corrected chi connectivity index (χ1v) is 8.88. The Hall–Kier alpha value is -3.14. The average molecular weight is 361 g/mol. The van der Waals surface area contributed by atoms with Gasteiger partial charge < -0.3 is 9.47 Å². The molecule has 0 radical (unpaired) electrons. The van der Waals surface area contributed by atoms with Gasteiger partial charge in [-0.1, -0.05) is 42.5 Å². The van der Waals surface area contributed by atoms with Gasteiger partial charge in [0.25, 0.3) is 0 Å². The fourth-order valence-electron chi connectivity index (χ4n) is 2.58. The molecule has 1 heterocycles. The van der Waals surface area contributed by atoms with Crippen molar-refractivity contribution in [2.24, 2.45) is 0 Å². The van der Waals surface area contributed by atoms with Crippen LogP contribution in [-0.4, -0.2) is 23.2 Å². The summed E-state index contributed by atoms with van der Waals surface area (Å²) >= 11 is 0. The number of benzene rings is 2. The van der Waals surface area contributed by atoms with Gasteiger partial charge >= 0.3 is 5.97 Å². The predicted octanol–water partition coefficient (Wildman–Crippen LogP) is 5.13. The van der Waals surface area contributed by atoms with E-state index in [1.165, 1.54) is 0 Å². The molecule has 0 fully saturated rings. The molecule has 3 rings (SSSR count). The number of carbonyl (C=O) groups is 1. The summed E-state index contributed by atoms with van der Waals surface area (Å²) in [6, 6.07) is 19.6. The largest absolute Gasteiger partial charge is 0.482 e. The van der Waals surface area contributed by atoms with Gasteiger partial charge in [0, 0.05) is 5.39 Å². The van der Waals surface area contributed by atoms with E-state index in [0.29, 0.717) is 5.75 Å². The van der Waals surface area contributed by atoms with Crippen LogP contribution in [0.1, 0.15) is 32.0 Å². The molecule has 0 saturated carbocycles. The van der Waals surface area contributed by atoms with E-state index in [4.69, 9.17) is 9.47 Å². The Labute approximate surface area is 159 Å². The molecule has 4 heteroatoms. The summed E-state index contributed by atoms with van der Waals surface area (Å²) in [5.74, 6) is 0.235. The molecule has 0 aliphatic rings. The second-order valence-corrected chi connectivity index (χ2v) is 7.21. The molecule has 138 valence electrons. The van der Waals surface area contributed by atoms with E-state index >= 15 is 0 Å². The smallest absolute Gasteiger partial charge is 0.344 e. The SMILES string of the molecule is CC(C)(C)OC(=O)COc1cccc(C=Cc2ccc3ccccc3n2)c1. The van der Waals surface area contributed by atoms with Crippen LogP contribution in [0.5, 0.6) is 5.75 Å². The van der Waals surface area contributed by atoms with Gasteiger partial charge in [-0.3, -0.25) is 0 Å². The van der Waals surface area contributed by atoms with E-state index < -0.39 is 5.60 Å². The maximum Gasteiger partial charge on any atom is 0.344 e. The molecule has 0 aliphatic heterocycles. The molecule has 0 bridgehead atoms. The highest BCUT2D eigenvalue weighted by Gasteiger charge is 2.16. The Balaban J connectivity index is 1.66. The van der Waals surface area contributed by atoms with Crippen LogP contribution in [0, 0.1) is 0 Å². The maximum atomic E-state index is 11.8. The van der Waals surface area contributed by atoms with Crippen LogP contribution in [0.3, 0.4) is 0 Å². The third-order valence-corrected chi connectivity index (χ3v) is 3.70. The average Bonchev–Trinajstić information content (AvgIpc) is 2.63. The number of ether oxygens (including phenoxy) is 2. The van der Waals surface area contributed by atoms with Crippen molar-refractivity contribution in [1.82, 2.24) is 4.98 Å². The number of carbonyl (C=O) groups excluding carboxylic acids is 1. The second kappa shape index (κ2) is 8.04. The van der Waals surface area contributed by atoms with Crippen LogP contribution in [0.2, 0.25) is 0 Å². The fraction of sp³-hybridized carbons (Fsp3) is 0.217. The Morgan fingerprint density at radius 1 is 1.00 bits per heavy atom. The van der Waals surface area contributed by atoms with Crippen molar-refractivity contribution < 1.29 is 14.3 Å². The third-order valence-electron chi connectivity index (χ3n) is 3.70. The standard InChI is InChI=1S/C23H23NO3/c1-23(2,3)27-22(25)16-26-20-9-6-7-17(15-20)11-13-19-14-12-18-8-4-5-10-21(18)24-19/h4-15H,16H2,1-3H3. The number of pyridine rings is 1. The summed E-state index contributed by atoms with van der Waals surface area (Å²) < 4.78 is 10.8. The molecule has 0 atom stereocenters. The zero-order chi connectivity index (χ0) is 19.3. The van der Waals surface area contributed by atoms with Crippen molar-refractivity contribution in [3.63, 3.8) is 0 Å². The minimum atomic E-state index is -0.516. The minimum Gasteiger partial charge on any atom is -0.482 e. The number of rotatable bonds is 5. The van der Waals surface area contributed by atoms with E-state index in [-0.39, 0.29) is 12.6 Å². The first-order valence-electron chi connectivity index (χ1n) is 8.88. The lowest BCUT2D eigenvalue weighted by Gasteiger charge is -2.19. The molecule has 2 aromatic carbocycles. The molecule has 0 spiro atoms. The van der Waals surface area contributed by atoms with Crippen LogP contribution in [-0.2, 0) is 9.53 Å². The Morgan fingerprint density at radius 3 is 2.63 bits per heavy atom. The second-order valence-electron chi connectivity index (χ2n) is 7.21. The number of para-hydroxylation sites is 1. The lowest BCUT2D eigenvalue weighted by atomic mass is 10.1. The Morgan fingerprint density at radius 2 is 1.81 bits per heavy atom. The molecule has 0 saturated heterocycles. The first kappa shape index (κ1) is 18.6. The summed E-state index contributed by atoms with van der Waals surface area (Å²) in [4.78, 5) is 16.4. The molecule has 1 aromatic heterocycles. The quantitative estimate of drug-likeness (QED) is 0.591. The van der Waals surface area contributed by atoms with Crippen molar-refractivity contribution in [1.29, 1.82) is 0 Å². The lowest BCUT2D eigenvalue weighted by molar-refractivity contribution is -0.157. The number of nitrogens with zero attached hydrogens (tertiary/aromatic N) is 1. The van der Waals surface area contributed by atoms with Crippen LogP contribution < -0.4 is 4.74 Å². The topological polar surface area (TPSA) is 48.4 Å². The van der Waals surface area contributed by atoms with Gasteiger partial charge in [0.15, 0.2) is 6.61 Å². The highest BCUT2D eigenvalue weighted by Crippen LogP contribution is 2.17. The molecule has 0 unspecified atom stereocenters. The van der Waals surface area contributed by atoms with Gasteiger partial charge in [-0.15, -0.1) is 0 Å². The molecule has 27 heavy (non-hydrogen) atoms. The van der Waals surface area contributed by atoms with Crippen LogP contribution in [0.25, 0.3) is 23.1 Å². The zero-order valence-corrected chi connectivity index (χ0v) is 15.8. The Kier molecular flexibility index (Phi) is 5.55. The summed E-state index contributed by atoms with van der Waals surface area (Å²) in [6.07, 6.45) is 3.93. The first-order chi connectivity index (χ1) is 12.9. The van der Waals surface area contributed by atoms with Crippen LogP contribution in [0.4, 0.5) is 0 Å². The molecule has 4 nitrogen and oxygen atoms in total. The molecule has 3 aromatic rings. The molecule has 0 N–H and O–H groups in total. The van der Waals surface area contributed by atoms with Gasteiger partial charge in [0.1, 0.15) is 11.4 Å². The summed E-state index contributed by atoms with van der Waals surface area (Å²) in [5, 5.41) is 1.12. The van der Waals surface area contributed by atoms with Crippen molar-refractivity contribution in [2.45, 2.75) is 26.4 Å². The Bertz CT molecular complexity index is 971. The van der Waals surface area contributed by atoms with Gasteiger partial charge in [-0.05, 0) is 56.7 Å². The van der Waals surface area contributed by atoms with Gasteiger partial charge in [-0.25, -0.2) is 9.78 Å². The monoisotopic (exact) mass is 361 g/mol. The summed E-state index contributed by atoms with van der Waals surface area (Å²) in [7, 11) is 0. The van der Waals surface area contributed by atoms with Gasteiger partial charge in [0.2, 0.25) is 0 Å². The number of hydrogen-bond donors (Lipinski definition) is 0. The van der Waals surface area contributed by atoms with Crippen molar-refractivity contribution in [3.05, 3.63) is 71.9 Å². The van der Waals surface area contributed by atoms with Crippen LogP contribution in [0.15, 0.2) is 60.7 Å². The highest BCUT2D eigenvalue weighted by atomic mass is 16.6. The third kappa shape index (κ3) is 5.68. The maximum absolute atomic E-state index is 11.8. The normalized spacial score (nSPS) is 11.7. The van der Waals surface area contributed by atoms with E-state index in [9.17, 15) is 4.79 Å². The van der Waals surface area contributed by atoms with Gasteiger partial charge in [-0.2, -0.15) is 0 Å². The van der Waals surface area contributed by atoms with E-state index in [0.717, 1.165) is 22.2 Å². The highest BCUT2D eigenvalue weighted by molar-refractivity contribution is 5.80. The van der Waals surface area contributed by atoms with Crippen molar-refractivity contribution >= 4 is 29.0 Å². The number of esters is 1. The molecular formula is C23H23NO3. The van der Waals surface area contributed by atoms with E-state index in [2.05, 4.69) is 11.1 Å². The summed E-state index contributed by atoms with van der Waals surface area (Å²) in [6.45, 7) is 5.38. The lowest BCUT2D eigenvalue weighted by Crippen LogP contribution is -2.27. The van der Waals surface area contributed by atoms with E-state index in [1.54, 1.807) is 0 Å².